The van der Waals surface area contributed by atoms with Crippen molar-refractivity contribution in [3.8, 4) is 17.1 Å². The van der Waals surface area contributed by atoms with Crippen LogP contribution in [0.5, 0.6) is 5.75 Å². The van der Waals surface area contributed by atoms with Gasteiger partial charge in [0, 0.05) is 5.56 Å². The molecule has 0 spiro atoms. The van der Waals surface area contributed by atoms with Gasteiger partial charge in [0.05, 0.1) is 18.1 Å². The van der Waals surface area contributed by atoms with E-state index in [1.807, 2.05) is 36.4 Å². The number of aromatic nitrogens is 1. The molecule has 25 heavy (non-hydrogen) atoms. The van der Waals surface area contributed by atoms with Crippen LogP contribution in [0.25, 0.3) is 11.3 Å². The molecule has 3 N–H and O–H groups in total. The molecule has 0 aliphatic rings. The van der Waals surface area contributed by atoms with Crippen molar-refractivity contribution < 1.29 is 13.9 Å². The lowest BCUT2D eigenvalue weighted by molar-refractivity contribution is -0.119. The zero-order valence-electron chi connectivity index (χ0n) is 13.3. The van der Waals surface area contributed by atoms with Crippen LogP contribution in [0, 0.1) is 0 Å². The first kappa shape index (κ1) is 16.3. The third kappa shape index (κ3) is 4.68. The molecular formula is C18H16N4O3. The minimum atomic E-state index is -0.510. The van der Waals surface area contributed by atoms with E-state index < -0.39 is 5.91 Å². The van der Waals surface area contributed by atoms with Crippen LogP contribution in [0.2, 0.25) is 0 Å². The van der Waals surface area contributed by atoms with Gasteiger partial charge in [0.25, 0.3) is 5.91 Å². The quantitative estimate of drug-likeness (QED) is 0.510. The maximum Gasteiger partial charge on any atom is 0.255 e. The number of carbonyl (C=O) groups is 1. The van der Waals surface area contributed by atoms with Gasteiger partial charge in [-0.3, -0.25) is 10.2 Å². The lowest BCUT2D eigenvalue weighted by atomic mass is 10.2. The number of hydrogen-bond acceptors (Lipinski definition) is 6. The first-order chi connectivity index (χ1) is 12.2. The number of hydrazone groups is 1. The molecule has 7 heteroatoms. The SMILES string of the molecule is NC(=O)COc1ccc(C=NNc2ccc(-c3cnco3)cc2)cc1. The Morgan fingerprint density at radius 1 is 1.20 bits per heavy atom. The Hall–Kier alpha value is -3.61. The third-order valence-electron chi connectivity index (χ3n) is 3.27. The summed E-state index contributed by atoms with van der Waals surface area (Å²) in [6, 6.07) is 14.8. The number of oxazole rings is 1. The van der Waals surface area contributed by atoms with E-state index in [-0.39, 0.29) is 6.61 Å². The van der Waals surface area contributed by atoms with Gasteiger partial charge in [0.2, 0.25) is 0 Å². The first-order valence-electron chi connectivity index (χ1n) is 7.50. The first-order valence-corrected chi connectivity index (χ1v) is 7.50. The largest absolute Gasteiger partial charge is 0.484 e. The summed E-state index contributed by atoms with van der Waals surface area (Å²) >= 11 is 0. The molecule has 0 unspecified atom stereocenters. The Morgan fingerprint density at radius 2 is 1.96 bits per heavy atom. The second kappa shape index (κ2) is 7.78. The highest BCUT2D eigenvalue weighted by Gasteiger charge is 2.00. The number of carbonyl (C=O) groups excluding carboxylic acids is 1. The van der Waals surface area contributed by atoms with Crippen molar-refractivity contribution in [1.82, 2.24) is 4.98 Å². The normalized spacial score (nSPS) is 10.7. The summed E-state index contributed by atoms with van der Waals surface area (Å²) in [7, 11) is 0. The van der Waals surface area contributed by atoms with Gasteiger partial charge in [-0.25, -0.2) is 4.98 Å². The molecular weight excluding hydrogens is 320 g/mol. The molecule has 3 aromatic rings. The molecule has 0 aliphatic carbocycles. The molecule has 1 amide bonds. The summed E-state index contributed by atoms with van der Waals surface area (Å²) in [4.78, 5) is 14.6. The fourth-order valence-electron chi connectivity index (χ4n) is 2.05. The van der Waals surface area contributed by atoms with E-state index in [0.717, 1.165) is 16.8 Å². The Morgan fingerprint density at radius 3 is 2.60 bits per heavy atom. The summed E-state index contributed by atoms with van der Waals surface area (Å²) in [6.45, 7) is -0.140. The molecule has 126 valence electrons. The fraction of sp³-hybridized carbons (Fsp3) is 0.0556. The van der Waals surface area contributed by atoms with E-state index in [9.17, 15) is 4.79 Å². The lowest BCUT2D eigenvalue weighted by Crippen LogP contribution is -2.19. The van der Waals surface area contributed by atoms with Gasteiger partial charge in [-0.1, -0.05) is 0 Å². The zero-order valence-corrected chi connectivity index (χ0v) is 13.3. The standard InChI is InChI=1S/C18H16N4O3/c19-18(23)11-24-16-7-1-13(2-8-16)9-21-22-15-5-3-14(4-6-15)17-10-20-12-25-17/h1-10,12,22H,11H2,(H2,19,23). The van der Waals surface area contributed by atoms with Crippen molar-refractivity contribution in [2.45, 2.75) is 0 Å². The topological polar surface area (TPSA) is 103 Å². The van der Waals surface area contributed by atoms with Crippen molar-refractivity contribution in [3.05, 3.63) is 66.7 Å². The number of nitrogens with two attached hydrogens (primary N) is 1. The lowest BCUT2D eigenvalue weighted by Gasteiger charge is -2.03. The van der Waals surface area contributed by atoms with Crippen LogP contribution in [-0.2, 0) is 4.79 Å². The van der Waals surface area contributed by atoms with E-state index >= 15 is 0 Å². The number of primary amides is 1. The molecule has 0 fully saturated rings. The summed E-state index contributed by atoms with van der Waals surface area (Å²) in [5.41, 5.74) is 10.7. The van der Waals surface area contributed by atoms with E-state index in [1.165, 1.54) is 6.39 Å². The van der Waals surface area contributed by atoms with Crippen LogP contribution in [0.4, 0.5) is 5.69 Å². The molecule has 0 atom stereocenters. The molecule has 1 heterocycles. The average molecular weight is 336 g/mol. The molecule has 2 aromatic carbocycles. The maximum absolute atomic E-state index is 10.7. The summed E-state index contributed by atoms with van der Waals surface area (Å²) < 4.78 is 10.4. The number of nitrogens with zero attached hydrogens (tertiary/aromatic N) is 2. The Labute approximate surface area is 144 Å². The number of amides is 1. The number of rotatable bonds is 7. The molecule has 0 radical (unpaired) electrons. The van der Waals surface area contributed by atoms with E-state index in [1.54, 1.807) is 24.5 Å². The minimum absolute atomic E-state index is 0.140. The van der Waals surface area contributed by atoms with Gasteiger partial charge < -0.3 is 14.9 Å². The van der Waals surface area contributed by atoms with E-state index in [2.05, 4.69) is 15.5 Å². The Balaban J connectivity index is 1.55. The average Bonchev–Trinajstić information content (AvgIpc) is 3.16. The van der Waals surface area contributed by atoms with Crippen LogP contribution in [0.1, 0.15) is 5.56 Å². The van der Waals surface area contributed by atoms with Gasteiger partial charge >= 0.3 is 0 Å². The number of ether oxygens (including phenoxy) is 1. The smallest absolute Gasteiger partial charge is 0.255 e. The van der Waals surface area contributed by atoms with Crippen molar-refractivity contribution in [3.63, 3.8) is 0 Å². The van der Waals surface area contributed by atoms with Crippen molar-refractivity contribution >= 4 is 17.8 Å². The van der Waals surface area contributed by atoms with Crippen molar-refractivity contribution in [1.29, 1.82) is 0 Å². The predicted octanol–water partition coefficient (Wildman–Crippen LogP) is 2.65. The molecule has 0 bridgehead atoms. The molecule has 0 saturated carbocycles. The monoisotopic (exact) mass is 336 g/mol. The Bertz CT molecular complexity index is 841. The molecule has 1 aromatic heterocycles. The summed E-state index contributed by atoms with van der Waals surface area (Å²) in [5, 5.41) is 4.18. The molecule has 0 aliphatic heterocycles. The summed E-state index contributed by atoms with van der Waals surface area (Å²) in [5.74, 6) is 0.782. The molecule has 3 rings (SSSR count). The van der Waals surface area contributed by atoms with Crippen LogP contribution in [-0.4, -0.2) is 23.7 Å². The second-order valence-corrected chi connectivity index (χ2v) is 5.14. The highest BCUT2D eigenvalue weighted by molar-refractivity contribution is 5.80. The van der Waals surface area contributed by atoms with Crippen LogP contribution in [0.3, 0.4) is 0 Å². The van der Waals surface area contributed by atoms with Crippen LogP contribution in [0.15, 0.2) is 70.6 Å². The number of benzene rings is 2. The third-order valence-corrected chi connectivity index (χ3v) is 3.27. The van der Waals surface area contributed by atoms with Gasteiger partial charge in [-0.15, -0.1) is 0 Å². The second-order valence-electron chi connectivity index (χ2n) is 5.14. The van der Waals surface area contributed by atoms with Gasteiger partial charge in [-0.05, 0) is 54.1 Å². The van der Waals surface area contributed by atoms with Crippen LogP contribution < -0.4 is 15.9 Å². The van der Waals surface area contributed by atoms with Crippen molar-refractivity contribution in [2.24, 2.45) is 10.8 Å². The highest BCUT2D eigenvalue weighted by Crippen LogP contribution is 2.20. The van der Waals surface area contributed by atoms with Gasteiger partial charge in [0.15, 0.2) is 18.8 Å². The maximum atomic E-state index is 10.7. The zero-order chi connectivity index (χ0) is 17.5. The summed E-state index contributed by atoms with van der Waals surface area (Å²) in [6.07, 6.45) is 4.75. The molecule has 0 saturated heterocycles. The van der Waals surface area contributed by atoms with Crippen LogP contribution >= 0.6 is 0 Å². The number of nitrogens with one attached hydrogen (secondary N) is 1. The van der Waals surface area contributed by atoms with Gasteiger partial charge in [0.1, 0.15) is 5.75 Å². The predicted molar refractivity (Wildman–Crippen MR) is 94.3 cm³/mol. The van der Waals surface area contributed by atoms with Crippen molar-refractivity contribution in [2.75, 3.05) is 12.0 Å². The van der Waals surface area contributed by atoms with E-state index in [0.29, 0.717) is 11.5 Å². The number of hydrogen-bond donors (Lipinski definition) is 2. The highest BCUT2D eigenvalue weighted by atomic mass is 16.5. The van der Waals surface area contributed by atoms with Gasteiger partial charge in [-0.2, -0.15) is 5.10 Å². The fourth-order valence-corrected chi connectivity index (χ4v) is 2.05. The number of anilines is 1. The van der Waals surface area contributed by atoms with E-state index in [4.69, 9.17) is 14.9 Å². The minimum Gasteiger partial charge on any atom is -0.484 e. The Kier molecular flexibility index (Phi) is 5.06. The molecule has 7 nitrogen and oxygen atoms in total.